The summed E-state index contributed by atoms with van der Waals surface area (Å²) in [4.78, 5) is 15.6. The molecule has 0 unspecified atom stereocenters. The second kappa shape index (κ2) is 9.93. The molecule has 178 valence electrons. The number of anilines is 1. The minimum absolute atomic E-state index is 0.0909. The molecule has 6 heteroatoms. The topological polar surface area (TPSA) is 20.3 Å². The van der Waals surface area contributed by atoms with E-state index in [1.807, 2.05) is 11.3 Å². The summed E-state index contributed by atoms with van der Waals surface area (Å²) in [6, 6.07) is 12.2. The molecule has 35 heavy (non-hydrogen) atoms. The third-order valence-electron chi connectivity index (χ3n) is 6.27. The maximum atomic E-state index is 15.0. The van der Waals surface area contributed by atoms with Crippen LogP contribution in [0.3, 0.4) is 0 Å². The molecule has 2 nitrogen and oxygen atoms in total. The van der Waals surface area contributed by atoms with Crippen LogP contribution < -0.4 is 4.90 Å². The Kier molecular flexibility index (Phi) is 6.73. The molecule has 1 saturated heterocycles. The van der Waals surface area contributed by atoms with Gasteiger partial charge in [0.25, 0.3) is 0 Å². The van der Waals surface area contributed by atoms with E-state index in [0.29, 0.717) is 35.2 Å². The fourth-order valence-corrected chi connectivity index (χ4v) is 6.68. The van der Waals surface area contributed by atoms with Gasteiger partial charge in [-0.1, -0.05) is 37.7 Å². The average Bonchev–Trinajstić information content (AvgIpc) is 3.37. The van der Waals surface area contributed by atoms with Gasteiger partial charge in [-0.25, -0.2) is 8.78 Å². The van der Waals surface area contributed by atoms with Crippen LogP contribution in [-0.4, -0.2) is 12.5 Å². The zero-order valence-corrected chi connectivity index (χ0v) is 21.3. The largest absolute Gasteiger partial charge is 0.309 e. The summed E-state index contributed by atoms with van der Waals surface area (Å²) in [7, 11) is 0. The summed E-state index contributed by atoms with van der Waals surface area (Å²) in [6.45, 7) is 4.47. The van der Waals surface area contributed by atoms with Gasteiger partial charge in [0, 0.05) is 38.4 Å². The number of rotatable bonds is 6. The smallest absolute Gasteiger partial charge is 0.228 e. The number of fused-ring (bicyclic) bond motifs is 1. The molecule has 3 heterocycles. The zero-order chi connectivity index (χ0) is 24.5. The number of unbranched alkanes of at least 4 members (excludes halogenated alkanes) is 2. The van der Waals surface area contributed by atoms with Crippen LogP contribution in [0.5, 0.6) is 0 Å². The summed E-state index contributed by atoms with van der Waals surface area (Å²) in [5.41, 5.74) is 2.23. The second-order valence-corrected chi connectivity index (χ2v) is 11.1. The molecule has 1 aliphatic heterocycles. The lowest BCUT2D eigenvalue weighted by atomic mass is 9.98. The van der Waals surface area contributed by atoms with Crippen molar-refractivity contribution in [2.45, 2.75) is 46.0 Å². The molecule has 0 atom stereocenters. The van der Waals surface area contributed by atoms with Crippen molar-refractivity contribution in [3.05, 3.63) is 75.0 Å². The molecule has 0 spiro atoms. The van der Waals surface area contributed by atoms with Crippen LogP contribution in [0, 0.1) is 30.4 Å². The summed E-state index contributed by atoms with van der Waals surface area (Å²) in [5, 5.41) is 0. The van der Waals surface area contributed by atoms with E-state index in [2.05, 4.69) is 30.9 Å². The quantitative estimate of drug-likeness (QED) is 0.147. The highest BCUT2D eigenvalue weighted by atomic mass is 32.1. The molecule has 5 rings (SSSR count). The van der Waals surface area contributed by atoms with Crippen molar-refractivity contribution in [3.63, 3.8) is 0 Å². The van der Waals surface area contributed by atoms with E-state index in [1.165, 1.54) is 50.6 Å². The van der Waals surface area contributed by atoms with Crippen LogP contribution in [0.15, 0.2) is 42.5 Å². The number of hydrogen-bond acceptors (Lipinski definition) is 3. The first-order valence-corrected chi connectivity index (χ1v) is 13.5. The van der Waals surface area contributed by atoms with E-state index < -0.39 is 11.6 Å². The van der Waals surface area contributed by atoms with E-state index in [-0.39, 0.29) is 11.6 Å². The van der Waals surface area contributed by atoms with E-state index in [1.54, 1.807) is 36.5 Å². The van der Waals surface area contributed by atoms with Crippen LogP contribution in [0.4, 0.5) is 14.5 Å². The highest BCUT2D eigenvalue weighted by Gasteiger charge is 2.29. The number of hydrogen-bond donors (Lipinski definition) is 0. The standard InChI is InChI=1S/C29H25F2NOS2/c1-3-4-5-6-21-16-26-27(34-21)17-22(35-26)9-7-19-8-10-23(24(30)14-19)20-13-18(2)29(25(31)15-20)32-12-11-28(32)33/h8,10,13-17H,3-6,11-12H2,1-2H3. The lowest BCUT2D eigenvalue weighted by Crippen LogP contribution is -2.44. The third-order valence-corrected chi connectivity index (χ3v) is 8.54. The van der Waals surface area contributed by atoms with E-state index in [4.69, 9.17) is 0 Å². The molecule has 0 bridgehead atoms. The van der Waals surface area contributed by atoms with Gasteiger partial charge in [-0.3, -0.25) is 4.79 Å². The molecule has 2 aromatic heterocycles. The lowest BCUT2D eigenvalue weighted by molar-refractivity contribution is -0.122. The number of benzene rings is 2. The Morgan fingerprint density at radius 2 is 1.80 bits per heavy atom. The van der Waals surface area contributed by atoms with Gasteiger partial charge in [0.05, 0.1) is 10.6 Å². The van der Waals surface area contributed by atoms with Gasteiger partial charge in [0.1, 0.15) is 11.6 Å². The third kappa shape index (κ3) is 4.89. The normalized spacial score (nSPS) is 13.1. The van der Waals surface area contributed by atoms with Gasteiger partial charge in [-0.05, 0) is 67.3 Å². The molecule has 1 amide bonds. The number of amides is 1. The first kappa shape index (κ1) is 23.7. The Morgan fingerprint density at radius 1 is 0.971 bits per heavy atom. The highest BCUT2D eigenvalue weighted by molar-refractivity contribution is 7.28. The molecule has 1 fully saturated rings. The first-order chi connectivity index (χ1) is 16.9. The number of β-lactam (4-membered cyclic amide) rings is 1. The van der Waals surface area contributed by atoms with Crippen molar-refractivity contribution in [2.24, 2.45) is 0 Å². The molecule has 0 radical (unpaired) electrons. The first-order valence-electron chi connectivity index (χ1n) is 11.9. The van der Waals surface area contributed by atoms with E-state index in [0.717, 1.165) is 11.3 Å². The van der Waals surface area contributed by atoms with Gasteiger partial charge in [0.2, 0.25) is 5.91 Å². The van der Waals surface area contributed by atoms with Crippen LogP contribution in [-0.2, 0) is 11.2 Å². The van der Waals surface area contributed by atoms with Crippen molar-refractivity contribution in [1.82, 2.24) is 0 Å². The SMILES string of the molecule is CCCCCc1cc2sc(C#Cc3ccc(-c4cc(C)c(N5CCC5=O)c(F)c4)c(F)c3)cc2s1. The van der Waals surface area contributed by atoms with Crippen LogP contribution in [0.25, 0.3) is 20.5 Å². The van der Waals surface area contributed by atoms with Crippen molar-refractivity contribution in [1.29, 1.82) is 0 Å². The second-order valence-electron chi connectivity index (χ2n) is 8.87. The summed E-state index contributed by atoms with van der Waals surface area (Å²) >= 11 is 3.50. The Bertz CT molecular complexity index is 1430. The van der Waals surface area contributed by atoms with Gasteiger partial charge < -0.3 is 4.90 Å². The van der Waals surface area contributed by atoms with Crippen molar-refractivity contribution < 1.29 is 13.6 Å². The van der Waals surface area contributed by atoms with Gasteiger partial charge in [-0.2, -0.15) is 0 Å². The molecule has 0 aliphatic carbocycles. The summed E-state index contributed by atoms with van der Waals surface area (Å²) < 4.78 is 32.3. The molecular weight excluding hydrogens is 480 g/mol. The van der Waals surface area contributed by atoms with Crippen LogP contribution in [0.1, 0.15) is 53.5 Å². The Morgan fingerprint density at radius 3 is 2.46 bits per heavy atom. The Hall–Kier alpha value is -3.01. The fraction of sp³-hybridized carbons (Fsp3) is 0.276. The Labute approximate surface area is 212 Å². The predicted molar refractivity (Wildman–Crippen MR) is 142 cm³/mol. The molecule has 1 aliphatic rings. The van der Waals surface area contributed by atoms with Crippen LogP contribution >= 0.6 is 22.7 Å². The summed E-state index contributed by atoms with van der Waals surface area (Å²) in [5.74, 6) is 5.17. The minimum Gasteiger partial charge on any atom is -0.309 e. The number of halogens is 2. The highest BCUT2D eigenvalue weighted by Crippen LogP contribution is 2.35. The van der Waals surface area contributed by atoms with Crippen molar-refractivity contribution in [2.75, 3.05) is 11.4 Å². The maximum absolute atomic E-state index is 15.0. The van der Waals surface area contributed by atoms with Gasteiger partial charge in [0.15, 0.2) is 0 Å². The minimum atomic E-state index is -0.512. The number of carbonyl (C=O) groups excluding carboxylic acids is 1. The van der Waals surface area contributed by atoms with Gasteiger partial charge in [-0.15, -0.1) is 22.7 Å². The van der Waals surface area contributed by atoms with Crippen molar-refractivity contribution >= 4 is 43.7 Å². The van der Waals surface area contributed by atoms with Gasteiger partial charge >= 0.3 is 0 Å². The Balaban J connectivity index is 1.34. The monoisotopic (exact) mass is 505 g/mol. The number of aryl methyl sites for hydroxylation is 2. The summed E-state index contributed by atoms with van der Waals surface area (Å²) in [6.07, 6.45) is 5.28. The molecule has 2 aromatic carbocycles. The maximum Gasteiger partial charge on any atom is 0.228 e. The fourth-order valence-electron chi connectivity index (χ4n) is 4.37. The van der Waals surface area contributed by atoms with E-state index >= 15 is 0 Å². The lowest BCUT2D eigenvalue weighted by Gasteiger charge is -2.32. The molecule has 4 aromatic rings. The van der Waals surface area contributed by atoms with E-state index in [9.17, 15) is 13.6 Å². The average molecular weight is 506 g/mol. The number of thiophene rings is 2. The van der Waals surface area contributed by atoms with Crippen LogP contribution in [0.2, 0.25) is 0 Å². The van der Waals surface area contributed by atoms with Crippen molar-refractivity contribution in [3.8, 4) is 23.0 Å². The molecule has 0 saturated carbocycles. The number of nitrogens with zero attached hydrogens (tertiary/aromatic N) is 1. The number of carbonyl (C=O) groups is 1. The zero-order valence-electron chi connectivity index (χ0n) is 19.7. The molecular formula is C29H25F2NOS2. The predicted octanol–water partition coefficient (Wildman–Crippen LogP) is 8.09. The molecule has 0 N–H and O–H groups in total.